The van der Waals surface area contributed by atoms with Crippen molar-refractivity contribution in [3.8, 4) is 0 Å². The molecule has 10 nitrogen and oxygen atoms in total. The molecule has 24 heavy (non-hydrogen) atoms. The maximum atomic E-state index is 11.6. The van der Waals surface area contributed by atoms with Gasteiger partial charge in [0.1, 0.15) is 0 Å². The van der Waals surface area contributed by atoms with Gasteiger partial charge in [-0.25, -0.2) is 9.59 Å². The van der Waals surface area contributed by atoms with E-state index in [1.807, 2.05) is 0 Å². The lowest BCUT2D eigenvalue weighted by atomic mass is 10.5. The predicted molar refractivity (Wildman–Crippen MR) is 84.6 cm³/mol. The van der Waals surface area contributed by atoms with E-state index in [0.717, 1.165) is 12.2 Å². The Morgan fingerprint density at radius 3 is 1.08 bits per heavy atom. The lowest BCUT2D eigenvalue weighted by Gasteiger charge is -2.23. The van der Waals surface area contributed by atoms with Crippen molar-refractivity contribution < 1.29 is 45.6 Å². The summed E-state index contributed by atoms with van der Waals surface area (Å²) in [5, 5.41) is 0. The Hall–Kier alpha value is -1.13. The number of rotatable bonds is 12. The second-order valence-corrected chi connectivity index (χ2v) is 9.90. The molecule has 0 aromatic heterocycles. The Balaban J connectivity index is 4.42. The summed E-state index contributed by atoms with van der Waals surface area (Å²) in [7, 11) is 2.26. The van der Waals surface area contributed by atoms with Gasteiger partial charge in [0.05, 0.1) is 0 Å². The van der Waals surface area contributed by atoms with Gasteiger partial charge in [0.25, 0.3) is 0 Å². The molecule has 0 radical (unpaired) electrons. The van der Waals surface area contributed by atoms with Crippen LogP contribution < -0.4 is 0 Å². The Morgan fingerprint density at radius 2 is 0.875 bits per heavy atom. The molecule has 0 rings (SSSR count). The molecular weight excluding hydrogens is 360 g/mol. The van der Waals surface area contributed by atoms with Crippen LogP contribution in [0.2, 0.25) is 0 Å². The highest BCUT2D eigenvalue weighted by molar-refractivity contribution is 6.61. The fourth-order valence-corrected chi connectivity index (χ4v) is 3.75. The molecule has 0 fully saturated rings. The van der Waals surface area contributed by atoms with Crippen molar-refractivity contribution >= 4 is 29.5 Å². The van der Waals surface area contributed by atoms with E-state index in [1.165, 1.54) is 42.7 Å². The standard InChI is InChI=1S/C12H24O10Si2/c1-15-23(16-2,17-3)9-21-11(13)7-8-12(14)22-10-24(18-4,19-5)20-6/h7-8H,9-10H2,1-6H3. The van der Waals surface area contributed by atoms with Gasteiger partial charge in [0, 0.05) is 54.8 Å². The van der Waals surface area contributed by atoms with Crippen LogP contribution in [0.4, 0.5) is 0 Å². The molecular formula is C12H24O10Si2. The SMILES string of the molecule is CO[Si](COC(=O)C=CC(=O)OC[Si](OC)(OC)OC)(OC)OC. The summed E-state index contributed by atoms with van der Waals surface area (Å²) in [6.07, 6.45) is 1.44. The molecule has 140 valence electrons. The average molecular weight is 384 g/mol. The first-order valence-electron chi connectivity index (χ1n) is 6.69. The van der Waals surface area contributed by atoms with Crippen LogP contribution in [0.15, 0.2) is 12.2 Å². The molecule has 0 saturated carbocycles. The predicted octanol–water partition coefficient (Wildman–Crippen LogP) is -0.536. The molecule has 0 aromatic carbocycles. The molecule has 0 spiro atoms. The second kappa shape index (κ2) is 11.4. The number of carbonyl (C=O) groups excluding carboxylic acids is 2. The monoisotopic (exact) mass is 384 g/mol. The van der Waals surface area contributed by atoms with Crippen LogP contribution in [0.25, 0.3) is 0 Å². The normalized spacial score (nSPS) is 12.4. The largest absolute Gasteiger partial charge is 0.539 e. The van der Waals surface area contributed by atoms with Crippen molar-refractivity contribution in [2.24, 2.45) is 0 Å². The molecule has 0 amide bonds. The molecule has 0 aliphatic rings. The zero-order valence-corrected chi connectivity index (χ0v) is 16.7. The number of ether oxygens (including phenoxy) is 2. The number of esters is 2. The van der Waals surface area contributed by atoms with Crippen molar-refractivity contribution in [1.82, 2.24) is 0 Å². The highest BCUT2D eigenvalue weighted by Gasteiger charge is 2.40. The first-order chi connectivity index (χ1) is 11.4. The topological polar surface area (TPSA) is 108 Å². The first-order valence-corrected chi connectivity index (χ1v) is 10.5. The first kappa shape index (κ1) is 22.9. The van der Waals surface area contributed by atoms with Crippen molar-refractivity contribution in [1.29, 1.82) is 0 Å². The minimum absolute atomic E-state index is 0.193. The Labute approximate surface area is 143 Å². The van der Waals surface area contributed by atoms with Gasteiger partial charge in [0.15, 0.2) is 12.5 Å². The van der Waals surface area contributed by atoms with Crippen LogP contribution in [0.5, 0.6) is 0 Å². The number of hydrogen-bond donors (Lipinski definition) is 0. The molecule has 0 bridgehead atoms. The van der Waals surface area contributed by atoms with Crippen LogP contribution >= 0.6 is 0 Å². The quantitative estimate of drug-likeness (QED) is 0.247. The Morgan fingerprint density at radius 1 is 0.625 bits per heavy atom. The summed E-state index contributed by atoms with van der Waals surface area (Å²) >= 11 is 0. The van der Waals surface area contributed by atoms with Crippen LogP contribution in [0, 0.1) is 0 Å². The second-order valence-electron chi connectivity index (χ2n) is 4.14. The molecule has 0 N–H and O–H groups in total. The van der Waals surface area contributed by atoms with E-state index in [-0.39, 0.29) is 12.5 Å². The van der Waals surface area contributed by atoms with Crippen molar-refractivity contribution in [2.75, 3.05) is 55.1 Å². The molecule has 0 aliphatic heterocycles. The fourth-order valence-electron chi connectivity index (χ4n) is 1.40. The van der Waals surface area contributed by atoms with Crippen LogP contribution in [0.3, 0.4) is 0 Å². The maximum Gasteiger partial charge on any atom is 0.539 e. The van der Waals surface area contributed by atoms with E-state index < -0.39 is 29.5 Å². The van der Waals surface area contributed by atoms with Gasteiger partial charge in [-0.05, 0) is 0 Å². The van der Waals surface area contributed by atoms with E-state index in [2.05, 4.69) is 0 Å². The summed E-state index contributed by atoms with van der Waals surface area (Å²) in [5.41, 5.74) is 0. The highest BCUT2D eigenvalue weighted by Crippen LogP contribution is 2.07. The van der Waals surface area contributed by atoms with Gasteiger partial charge in [-0.15, -0.1) is 0 Å². The van der Waals surface area contributed by atoms with Crippen LogP contribution in [0.1, 0.15) is 0 Å². The minimum Gasteiger partial charge on any atom is -0.458 e. The van der Waals surface area contributed by atoms with E-state index in [4.69, 9.17) is 36.0 Å². The molecule has 0 atom stereocenters. The lowest BCUT2D eigenvalue weighted by molar-refractivity contribution is -0.140. The molecule has 12 heteroatoms. The molecule has 0 saturated heterocycles. The van der Waals surface area contributed by atoms with Crippen LogP contribution in [-0.4, -0.2) is 84.7 Å². The highest BCUT2D eigenvalue weighted by atomic mass is 28.4. The number of carbonyl (C=O) groups is 2. The summed E-state index contributed by atoms with van der Waals surface area (Å²) in [6, 6.07) is 0. The molecule has 0 unspecified atom stereocenters. The Bertz CT molecular complexity index is 366. The minimum atomic E-state index is -3.03. The van der Waals surface area contributed by atoms with E-state index in [9.17, 15) is 9.59 Å². The van der Waals surface area contributed by atoms with E-state index in [1.54, 1.807) is 0 Å². The van der Waals surface area contributed by atoms with Crippen molar-refractivity contribution in [2.45, 2.75) is 0 Å². The van der Waals surface area contributed by atoms with Gasteiger partial charge in [-0.2, -0.15) is 0 Å². The summed E-state index contributed by atoms with van der Waals surface area (Å²) in [6.45, 7) is 0. The molecule has 0 heterocycles. The van der Waals surface area contributed by atoms with Gasteiger partial charge < -0.3 is 36.0 Å². The summed E-state index contributed by atoms with van der Waals surface area (Å²) < 4.78 is 40.4. The third-order valence-corrected chi connectivity index (χ3v) is 7.73. The summed E-state index contributed by atoms with van der Waals surface area (Å²) in [4.78, 5) is 23.2. The van der Waals surface area contributed by atoms with Crippen molar-refractivity contribution in [3.63, 3.8) is 0 Å². The fraction of sp³-hybridized carbons (Fsp3) is 0.667. The summed E-state index contributed by atoms with van der Waals surface area (Å²) in [5.74, 6) is -1.55. The van der Waals surface area contributed by atoms with E-state index in [0.29, 0.717) is 0 Å². The lowest BCUT2D eigenvalue weighted by Crippen LogP contribution is -2.48. The van der Waals surface area contributed by atoms with Crippen molar-refractivity contribution in [3.05, 3.63) is 12.2 Å². The van der Waals surface area contributed by atoms with Gasteiger partial charge in [-0.3, -0.25) is 0 Å². The smallest absolute Gasteiger partial charge is 0.458 e. The molecule has 0 aliphatic carbocycles. The van der Waals surface area contributed by atoms with Gasteiger partial charge >= 0.3 is 29.5 Å². The molecule has 0 aromatic rings. The van der Waals surface area contributed by atoms with E-state index >= 15 is 0 Å². The zero-order valence-electron chi connectivity index (χ0n) is 14.7. The third kappa shape index (κ3) is 7.19. The Kier molecular flexibility index (Phi) is 10.9. The third-order valence-electron chi connectivity index (χ3n) is 3.00. The van der Waals surface area contributed by atoms with Gasteiger partial charge in [0.2, 0.25) is 0 Å². The zero-order chi connectivity index (χ0) is 18.6. The number of hydrogen-bond acceptors (Lipinski definition) is 10. The van der Waals surface area contributed by atoms with Crippen LogP contribution in [-0.2, 0) is 45.6 Å². The van der Waals surface area contributed by atoms with Gasteiger partial charge in [-0.1, -0.05) is 0 Å². The average Bonchev–Trinajstić information content (AvgIpc) is 2.63. The maximum absolute atomic E-state index is 11.6.